The zero-order chi connectivity index (χ0) is 25.4. The highest BCUT2D eigenvalue weighted by Gasteiger charge is 2.53. The largest absolute Gasteiger partial charge is 0.760 e. The highest BCUT2D eigenvalue weighted by atomic mass is 32.2. The number of aryl methyl sites for hydroxylation is 1. The van der Waals surface area contributed by atoms with Gasteiger partial charge in [-0.15, -0.1) is 10.2 Å². The number of nitrogens with zero attached hydrogens (tertiary/aromatic N) is 6. The van der Waals surface area contributed by atoms with E-state index in [2.05, 4.69) is 15.4 Å². The Kier molecular flexibility index (Phi) is 7.11. The molecule has 2 aliphatic rings. The number of carbonyl (C=O) groups is 1. The van der Waals surface area contributed by atoms with E-state index in [1.807, 2.05) is 0 Å². The molecule has 1 aliphatic heterocycles. The van der Waals surface area contributed by atoms with Crippen LogP contribution in [-0.4, -0.2) is 69.8 Å². The highest BCUT2D eigenvalue weighted by Crippen LogP contribution is 2.51. The molecule has 0 radical (unpaired) electrons. The van der Waals surface area contributed by atoms with Crippen LogP contribution in [0.3, 0.4) is 0 Å². The number of hydrogen-bond donors (Lipinski definition) is 0. The molecule has 0 spiro atoms. The summed E-state index contributed by atoms with van der Waals surface area (Å²) >= 11 is -2.28. The average Bonchev–Trinajstić information content (AvgIpc) is 3.53. The van der Waals surface area contributed by atoms with Crippen molar-refractivity contribution in [2.75, 3.05) is 20.1 Å². The van der Waals surface area contributed by atoms with Crippen LogP contribution >= 0.6 is 0 Å². The number of halogens is 3. The van der Waals surface area contributed by atoms with Crippen LogP contribution in [0.4, 0.5) is 13.2 Å². The molecule has 35 heavy (non-hydrogen) atoms. The van der Waals surface area contributed by atoms with Gasteiger partial charge in [-0.3, -0.25) is 9.00 Å². The van der Waals surface area contributed by atoms with Crippen molar-refractivity contribution in [1.29, 1.82) is 0 Å². The summed E-state index contributed by atoms with van der Waals surface area (Å²) in [7, 11) is 1.59. The fraction of sp³-hybridized carbons (Fsp3) is 0.545. The van der Waals surface area contributed by atoms with Gasteiger partial charge in [0, 0.05) is 36.0 Å². The highest BCUT2D eigenvalue weighted by molar-refractivity contribution is 7.76. The summed E-state index contributed by atoms with van der Waals surface area (Å²) in [5.41, 5.74) is -0.370. The summed E-state index contributed by atoms with van der Waals surface area (Å²) in [5.74, 6) is 0.349. The summed E-state index contributed by atoms with van der Waals surface area (Å²) in [6.45, 7) is 2.59. The Morgan fingerprint density at radius 2 is 2.00 bits per heavy atom. The molecule has 0 N–H and O–H groups in total. The molecule has 1 atom stereocenters. The second-order valence-corrected chi connectivity index (χ2v) is 10.0. The Morgan fingerprint density at radius 3 is 2.54 bits per heavy atom. The molecule has 13 heteroatoms. The molecule has 2 aromatic rings. The van der Waals surface area contributed by atoms with Crippen LogP contribution in [0.15, 0.2) is 24.3 Å². The lowest BCUT2D eigenvalue weighted by Crippen LogP contribution is -2.47. The zero-order valence-electron chi connectivity index (χ0n) is 19.4. The second-order valence-electron chi connectivity index (χ2n) is 9.03. The first-order chi connectivity index (χ1) is 16.5. The number of benzene rings is 1. The van der Waals surface area contributed by atoms with Crippen LogP contribution in [0.5, 0.6) is 0 Å². The first-order valence-corrected chi connectivity index (χ1v) is 12.3. The van der Waals surface area contributed by atoms with E-state index in [0.717, 1.165) is 25.0 Å². The number of amides is 1. The van der Waals surface area contributed by atoms with Crippen molar-refractivity contribution in [2.45, 2.75) is 50.9 Å². The van der Waals surface area contributed by atoms with Crippen LogP contribution in [-0.2, 0) is 28.8 Å². The van der Waals surface area contributed by atoms with E-state index in [9.17, 15) is 26.7 Å². The molecule has 1 saturated carbocycles. The molecule has 0 bridgehead atoms. The number of carbonyl (C=O) groups excluding carboxylic acids is 1. The maximum Gasteiger partial charge on any atom is 0.416 e. The van der Waals surface area contributed by atoms with Gasteiger partial charge in [-0.05, 0) is 80.1 Å². The van der Waals surface area contributed by atoms with Crippen molar-refractivity contribution in [3.05, 3.63) is 46.8 Å². The van der Waals surface area contributed by atoms with Crippen molar-refractivity contribution < 1.29 is 26.7 Å². The van der Waals surface area contributed by atoms with Gasteiger partial charge in [0.05, 0.1) is 12.1 Å². The number of alkyl halides is 3. The van der Waals surface area contributed by atoms with Crippen molar-refractivity contribution in [2.24, 2.45) is 5.92 Å². The number of likely N-dealkylation sites (tertiary alicyclic amines) is 1. The smallest absolute Gasteiger partial charge is 0.416 e. The standard InChI is InChI=1S/C22H27F3N6O3S/c1-15-26-28-31(27-15)14-17-13-19(22(23,24)25)5-3-16(17)4-6-20(32)30-11-7-18(8-12-30)21(9-10-21)29(2)35(33)34/h3-6,13,18H,7-12,14H2,1-2H3,(H,33,34)/p-1/b6-4+. The molecule has 1 aliphatic carbocycles. The molecule has 1 aromatic carbocycles. The predicted octanol–water partition coefficient (Wildman–Crippen LogP) is 2.56. The Balaban J connectivity index is 1.44. The molecule has 1 aromatic heterocycles. The maximum absolute atomic E-state index is 13.2. The van der Waals surface area contributed by atoms with Crippen molar-refractivity contribution in [3.8, 4) is 0 Å². The third kappa shape index (κ3) is 5.62. The van der Waals surface area contributed by atoms with E-state index in [4.69, 9.17) is 0 Å². The minimum Gasteiger partial charge on any atom is -0.760 e. The van der Waals surface area contributed by atoms with Gasteiger partial charge in [-0.25, -0.2) is 4.31 Å². The van der Waals surface area contributed by atoms with Gasteiger partial charge in [0.2, 0.25) is 5.91 Å². The van der Waals surface area contributed by atoms with Gasteiger partial charge in [-0.1, -0.05) is 6.07 Å². The molecular weight excluding hydrogens is 485 g/mol. The van der Waals surface area contributed by atoms with E-state index in [0.29, 0.717) is 42.9 Å². The Morgan fingerprint density at radius 1 is 1.31 bits per heavy atom. The minimum absolute atomic E-state index is 0.0271. The predicted molar refractivity (Wildman–Crippen MR) is 120 cm³/mol. The fourth-order valence-electron chi connectivity index (χ4n) is 4.78. The number of aromatic nitrogens is 4. The van der Waals surface area contributed by atoms with Crippen LogP contribution in [0.1, 0.15) is 48.2 Å². The van der Waals surface area contributed by atoms with E-state index in [-0.39, 0.29) is 23.9 Å². The van der Waals surface area contributed by atoms with Crippen molar-refractivity contribution >= 4 is 23.2 Å². The third-order valence-corrected chi connectivity index (χ3v) is 7.73. The molecule has 4 rings (SSSR count). The van der Waals surface area contributed by atoms with Crippen LogP contribution < -0.4 is 0 Å². The third-order valence-electron chi connectivity index (χ3n) is 6.92. The molecule has 1 saturated heterocycles. The first-order valence-electron chi connectivity index (χ1n) is 11.2. The lowest BCUT2D eigenvalue weighted by Gasteiger charge is -2.40. The Hall–Kier alpha value is -2.64. The number of rotatable bonds is 7. The van der Waals surface area contributed by atoms with Crippen molar-refractivity contribution in [1.82, 2.24) is 29.4 Å². The number of piperidine rings is 1. The molecule has 2 heterocycles. The first kappa shape index (κ1) is 25.5. The van der Waals surface area contributed by atoms with Gasteiger partial charge in [0.15, 0.2) is 5.82 Å². The van der Waals surface area contributed by atoms with Gasteiger partial charge < -0.3 is 9.45 Å². The minimum atomic E-state index is -4.51. The van der Waals surface area contributed by atoms with Crippen molar-refractivity contribution in [3.63, 3.8) is 0 Å². The SMILES string of the molecule is Cc1nnn(Cc2cc(C(F)(F)F)ccc2/C=C/C(=O)N2CCC(C3(N(C)S(=O)[O-])CC3)CC2)n1. The fourth-order valence-corrected chi connectivity index (χ4v) is 5.41. The summed E-state index contributed by atoms with van der Waals surface area (Å²) in [5, 5.41) is 11.6. The van der Waals surface area contributed by atoms with Gasteiger partial charge in [0.1, 0.15) is 0 Å². The molecule has 1 unspecified atom stereocenters. The van der Waals surface area contributed by atoms with Crippen LogP contribution in [0, 0.1) is 12.8 Å². The molecule has 1 amide bonds. The number of tetrazole rings is 1. The Bertz CT molecular complexity index is 1140. The summed E-state index contributed by atoms with van der Waals surface area (Å²) in [6, 6.07) is 3.33. The molecule has 2 fully saturated rings. The van der Waals surface area contributed by atoms with E-state index in [1.165, 1.54) is 27.3 Å². The average molecular weight is 512 g/mol. The zero-order valence-corrected chi connectivity index (χ0v) is 20.2. The van der Waals surface area contributed by atoms with Crippen LogP contribution in [0.25, 0.3) is 6.08 Å². The second kappa shape index (κ2) is 9.78. The monoisotopic (exact) mass is 511 g/mol. The maximum atomic E-state index is 13.2. The molecule has 9 nitrogen and oxygen atoms in total. The summed E-state index contributed by atoms with van der Waals surface area (Å²) in [6.07, 6.45) is 1.41. The number of hydrogen-bond acceptors (Lipinski definition) is 6. The van der Waals surface area contributed by atoms with E-state index >= 15 is 0 Å². The quantitative estimate of drug-likeness (QED) is 0.418. The van der Waals surface area contributed by atoms with Gasteiger partial charge in [-0.2, -0.15) is 18.0 Å². The summed E-state index contributed by atoms with van der Waals surface area (Å²) < 4.78 is 64.0. The lowest BCUT2D eigenvalue weighted by atomic mass is 9.87. The van der Waals surface area contributed by atoms with Gasteiger partial charge in [0.25, 0.3) is 0 Å². The summed E-state index contributed by atoms with van der Waals surface area (Å²) in [4.78, 5) is 15.7. The Labute approximate surface area is 203 Å². The van der Waals surface area contributed by atoms with E-state index in [1.54, 1.807) is 18.9 Å². The molecule has 190 valence electrons. The lowest BCUT2D eigenvalue weighted by molar-refractivity contribution is -0.137. The normalized spacial score (nSPS) is 19.5. The molecular formula is C22H26F3N6O3S-. The topological polar surface area (TPSA) is 107 Å². The van der Waals surface area contributed by atoms with E-state index < -0.39 is 23.0 Å². The van der Waals surface area contributed by atoms with Gasteiger partial charge >= 0.3 is 6.18 Å². The van der Waals surface area contributed by atoms with Crippen LogP contribution in [0.2, 0.25) is 0 Å².